The van der Waals surface area contributed by atoms with E-state index in [-0.39, 0.29) is 10.6 Å². The van der Waals surface area contributed by atoms with Crippen molar-refractivity contribution in [1.82, 2.24) is 20.2 Å². The maximum Gasteiger partial charge on any atom is 0.337 e. The number of aromatic carboxylic acids is 1. The molecule has 0 saturated carbocycles. The number of rotatable bonds is 4. The second kappa shape index (κ2) is 5.14. The molecule has 0 atom stereocenters. The molecule has 1 aromatic carbocycles. The summed E-state index contributed by atoms with van der Waals surface area (Å²) in [6.07, 6.45) is 1.62. The molecule has 0 bridgehead atoms. The van der Waals surface area contributed by atoms with Crippen LogP contribution in [-0.2, 0) is 6.42 Å². The zero-order valence-electron chi connectivity index (χ0n) is 9.67. The lowest BCUT2D eigenvalue weighted by molar-refractivity contribution is 0.0697. The van der Waals surface area contributed by atoms with Crippen LogP contribution in [0.2, 0.25) is 5.02 Å². The van der Waals surface area contributed by atoms with E-state index in [9.17, 15) is 4.79 Å². The van der Waals surface area contributed by atoms with Crippen molar-refractivity contribution in [3.8, 4) is 5.69 Å². The second-order valence-corrected chi connectivity index (χ2v) is 4.13. The van der Waals surface area contributed by atoms with Gasteiger partial charge in [0.1, 0.15) is 0 Å². The molecule has 1 aromatic heterocycles. The van der Waals surface area contributed by atoms with Crippen LogP contribution >= 0.6 is 11.6 Å². The maximum atomic E-state index is 11.0. The maximum absolute atomic E-state index is 11.0. The molecule has 0 aliphatic rings. The average molecular weight is 267 g/mol. The van der Waals surface area contributed by atoms with Crippen molar-refractivity contribution in [3.05, 3.63) is 34.6 Å². The topological polar surface area (TPSA) is 80.9 Å². The summed E-state index contributed by atoms with van der Waals surface area (Å²) in [5.74, 6) is -0.386. The quantitative estimate of drug-likeness (QED) is 0.915. The van der Waals surface area contributed by atoms with Crippen molar-refractivity contribution in [2.45, 2.75) is 19.8 Å². The van der Waals surface area contributed by atoms with Crippen LogP contribution in [0.5, 0.6) is 0 Å². The highest BCUT2D eigenvalue weighted by molar-refractivity contribution is 6.33. The Labute approximate surface area is 108 Å². The predicted molar refractivity (Wildman–Crippen MR) is 65.1 cm³/mol. The fraction of sp³-hybridized carbons (Fsp3) is 0.273. The first kappa shape index (κ1) is 12.5. The van der Waals surface area contributed by atoms with Crippen LogP contribution in [-0.4, -0.2) is 31.3 Å². The fourth-order valence-electron chi connectivity index (χ4n) is 1.59. The minimum atomic E-state index is -1.08. The molecule has 0 aliphatic heterocycles. The van der Waals surface area contributed by atoms with Gasteiger partial charge in [0.2, 0.25) is 0 Å². The standard InChI is InChI=1S/C11H11ClN4O2/c1-2-3-10-13-14-15-16(10)7-4-5-9(12)8(6-7)11(17)18/h4-6H,2-3H2,1H3,(H,17,18). The summed E-state index contributed by atoms with van der Waals surface area (Å²) < 4.78 is 1.52. The summed E-state index contributed by atoms with van der Waals surface area (Å²) in [6.45, 7) is 2.02. The summed E-state index contributed by atoms with van der Waals surface area (Å²) >= 11 is 5.81. The number of benzene rings is 1. The van der Waals surface area contributed by atoms with Crippen molar-refractivity contribution in [3.63, 3.8) is 0 Å². The van der Waals surface area contributed by atoms with Crippen molar-refractivity contribution in [2.24, 2.45) is 0 Å². The molecule has 1 heterocycles. The van der Waals surface area contributed by atoms with Crippen molar-refractivity contribution >= 4 is 17.6 Å². The van der Waals surface area contributed by atoms with Crippen LogP contribution in [0, 0.1) is 0 Å². The van der Waals surface area contributed by atoms with Gasteiger partial charge >= 0.3 is 5.97 Å². The average Bonchev–Trinajstić information content (AvgIpc) is 2.78. The number of halogens is 1. The highest BCUT2D eigenvalue weighted by Crippen LogP contribution is 2.20. The molecule has 0 fully saturated rings. The fourth-order valence-corrected chi connectivity index (χ4v) is 1.79. The molecule has 0 amide bonds. The molecule has 0 aliphatic carbocycles. The highest BCUT2D eigenvalue weighted by Gasteiger charge is 2.13. The van der Waals surface area contributed by atoms with Gasteiger partial charge in [-0.15, -0.1) is 5.10 Å². The minimum absolute atomic E-state index is 0.0344. The molecule has 18 heavy (non-hydrogen) atoms. The summed E-state index contributed by atoms with van der Waals surface area (Å²) in [5.41, 5.74) is 0.623. The van der Waals surface area contributed by atoms with Gasteiger partial charge in [-0.05, 0) is 35.0 Å². The van der Waals surface area contributed by atoms with Gasteiger partial charge < -0.3 is 5.11 Å². The SMILES string of the molecule is CCCc1nnnn1-c1ccc(Cl)c(C(=O)O)c1. The largest absolute Gasteiger partial charge is 0.478 e. The highest BCUT2D eigenvalue weighted by atomic mass is 35.5. The predicted octanol–water partition coefficient (Wildman–Crippen LogP) is 1.97. The number of aromatic nitrogens is 4. The van der Waals surface area contributed by atoms with Gasteiger partial charge in [0.15, 0.2) is 5.82 Å². The number of carboxylic acids is 1. The zero-order valence-corrected chi connectivity index (χ0v) is 10.4. The van der Waals surface area contributed by atoms with Crippen LogP contribution in [0.1, 0.15) is 29.5 Å². The third-order valence-electron chi connectivity index (χ3n) is 2.43. The van der Waals surface area contributed by atoms with E-state index in [1.165, 1.54) is 16.8 Å². The van der Waals surface area contributed by atoms with E-state index in [4.69, 9.17) is 16.7 Å². The summed E-state index contributed by atoms with van der Waals surface area (Å²) in [5, 5.41) is 20.6. The number of nitrogens with zero attached hydrogens (tertiary/aromatic N) is 4. The molecule has 0 radical (unpaired) electrons. The molecular formula is C11H11ClN4O2. The van der Waals surface area contributed by atoms with Gasteiger partial charge in [-0.25, -0.2) is 4.79 Å². The summed E-state index contributed by atoms with van der Waals surface area (Å²) in [7, 11) is 0. The normalized spacial score (nSPS) is 10.6. The van der Waals surface area contributed by atoms with E-state index < -0.39 is 5.97 Å². The van der Waals surface area contributed by atoms with E-state index in [0.717, 1.165) is 12.8 Å². The molecular weight excluding hydrogens is 256 g/mol. The number of carboxylic acid groups (broad SMARTS) is 1. The lowest BCUT2D eigenvalue weighted by Crippen LogP contribution is -2.05. The summed E-state index contributed by atoms with van der Waals surface area (Å²) in [6, 6.07) is 4.67. The first-order valence-electron chi connectivity index (χ1n) is 5.44. The van der Waals surface area contributed by atoms with E-state index in [2.05, 4.69) is 15.5 Å². The molecule has 6 nitrogen and oxygen atoms in total. The number of hydrogen-bond acceptors (Lipinski definition) is 4. The first-order valence-corrected chi connectivity index (χ1v) is 5.81. The van der Waals surface area contributed by atoms with Crippen LogP contribution < -0.4 is 0 Å². The second-order valence-electron chi connectivity index (χ2n) is 3.73. The van der Waals surface area contributed by atoms with Crippen LogP contribution in [0.25, 0.3) is 5.69 Å². The smallest absolute Gasteiger partial charge is 0.337 e. The summed E-state index contributed by atoms with van der Waals surface area (Å²) in [4.78, 5) is 11.0. The van der Waals surface area contributed by atoms with E-state index >= 15 is 0 Å². The van der Waals surface area contributed by atoms with E-state index in [0.29, 0.717) is 11.5 Å². The Bertz CT molecular complexity index is 582. The van der Waals surface area contributed by atoms with Gasteiger partial charge in [0, 0.05) is 6.42 Å². The molecule has 7 heteroatoms. The molecule has 2 aromatic rings. The molecule has 0 unspecified atom stereocenters. The third-order valence-corrected chi connectivity index (χ3v) is 2.76. The molecule has 2 rings (SSSR count). The number of hydrogen-bond donors (Lipinski definition) is 1. The zero-order chi connectivity index (χ0) is 13.1. The monoisotopic (exact) mass is 266 g/mol. The van der Waals surface area contributed by atoms with Crippen molar-refractivity contribution in [1.29, 1.82) is 0 Å². The Kier molecular flexibility index (Phi) is 3.57. The molecule has 1 N–H and O–H groups in total. The Morgan fingerprint density at radius 3 is 2.94 bits per heavy atom. The molecule has 0 saturated heterocycles. The lowest BCUT2D eigenvalue weighted by atomic mass is 10.2. The Balaban J connectivity index is 2.47. The number of tetrazole rings is 1. The minimum Gasteiger partial charge on any atom is -0.478 e. The van der Waals surface area contributed by atoms with E-state index in [1.807, 2.05) is 6.92 Å². The van der Waals surface area contributed by atoms with Crippen molar-refractivity contribution in [2.75, 3.05) is 0 Å². The molecule has 0 spiro atoms. The van der Waals surface area contributed by atoms with Gasteiger partial charge in [-0.2, -0.15) is 4.68 Å². The van der Waals surface area contributed by atoms with Gasteiger partial charge in [-0.1, -0.05) is 18.5 Å². The Morgan fingerprint density at radius 2 is 2.28 bits per heavy atom. The van der Waals surface area contributed by atoms with Crippen molar-refractivity contribution < 1.29 is 9.90 Å². The number of aryl methyl sites for hydroxylation is 1. The number of carbonyl (C=O) groups is 1. The van der Waals surface area contributed by atoms with Gasteiger partial charge in [0.05, 0.1) is 16.3 Å². The van der Waals surface area contributed by atoms with Crippen LogP contribution in [0.15, 0.2) is 18.2 Å². The third kappa shape index (κ3) is 2.33. The first-order chi connectivity index (χ1) is 8.63. The Hall–Kier alpha value is -1.95. The van der Waals surface area contributed by atoms with Crippen LogP contribution in [0.3, 0.4) is 0 Å². The Morgan fingerprint density at radius 1 is 1.50 bits per heavy atom. The van der Waals surface area contributed by atoms with E-state index in [1.54, 1.807) is 6.07 Å². The van der Waals surface area contributed by atoms with Gasteiger partial charge in [-0.3, -0.25) is 0 Å². The van der Waals surface area contributed by atoms with Crippen LogP contribution in [0.4, 0.5) is 0 Å². The molecule has 94 valence electrons. The lowest BCUT2D eigenvalue weighted by Gasteiger charge is -2.05. The van der Waals surface area contributed by atoms with Gasteiger partial charge in [0.25, 0.3) is 0 Å².